The van der Waals surface area contributed by atoms with Crippen molar-refractivity contribution in [3.05, 3.63) is 12.7 Å². The third-order valence-electron chi connectivity index (χ3n) is 1.81. The molecule has 0 aromatic rings. The minimum absolute atomic E-state index is 0.217. The Morgan fingerprint density at radius 3 is 2.31 bits per heavy atom. The third kappa shape index (κ3) is 2.89. The topological polar surface area (TPSA) is 66.4 Å². The van der Waals surface area contributed by atoms with Gasteiger partial charge in [-0.3, -0.25) is 9.59 Å². The average molecular weight is 185 g/mol. The van der Waals surface area contributed by atoms with Crippen molar-refractivity contribution in [2.75, 3.05) is 0 Å². The van der Waals surface area contributed by atoms with E-state index in [0.29, 0.717) is 0 Å². The summed E-state index contributed by atoms with van der Waals surface area (Å²) in [6.07, 6.45) is 1.54. The molecule has 0 bridgehead atoms. The fourth-order valence-corrected chi connectivity index (χ4v) is 0.543. The minimum atomic E-state index is -1.39. The summed E-state index contributed by atoms with van der Waals surface area (Å²) in [5.41, 5.74) is -1.39. The van der Waals surface area contributed by atoms with E-state index in [1.807, 2.05) is 0 Å². The van der Waals surface area contributed by atoms with E-state index in [0.717, 1.165) is 0 Å². The minimum Gasteiger partial charge on any atom is -0.480 e. The van der Waals surface area contributed by atoms with Crippen LogP contribution in [0.3, 0.4) is 0 Å². The number of hydrogen-bond donors (Lipinski definition) is 2. The molecule has 0 heterocycles. The van der Waals surface area contributed by atoms with Crippen LogP contribution < -0.4 is 5.32 Å². The van der Waals surface area contributed by atoms with Gasteiger partial charge in [0.2, 0.25) is 5.91 Å². The number of nitrogens with one attached hydrogen (secondary N) is 1. The second-order valence-corrected chi connectivity index (χ2v) is 3.43. The molecule has 0 aromatic carbocycles. The zero-order valence-electron chi connectivity index (χ0n) is 8.13. The van der Waals surface area contributed by atoms with Crippen molar-refractivity contribution in [2.24, 2.45) is 5.41 Å². The number of rotatable bonds is 4. The van der Waals surface area contributed by atoms with Crippen LogP contribution in [-0.4, -0.2) is 23.0 Å². The molecule has 1 atom stereocenters. The van der Waals surface area contributed by atoms with Gasteiger partial charge in [0.05, 0.1) is 0 Å². The fourth-order valence-electron chi connectivity index (χ4n) is 0.543. The molecule has 2 N–H and O–H groups in total. The number of amides is 1. The van der Waals surface area contributed by atoms with Gasteiger partial charge in [0, 0.05) is 6.04 Å². The molecule has 4 heteroatoms. The highest BCUT2D eigenvalue weighted by Gasteiger charge is 2.36. The number of hydrogen-bond acceptors (Lipinski definition) is 2. The van der Waals surface area contributed by atoms with Crippen LogP contribution in [0.25, 0.3) is 0 Å². The Hall–Kier alpha value is -1.32. The highest BCUT2D eigenvalue weighted by Crippen LogP contribution is 2.15. The lowest BCUT2D eigenvalue weighted by atomic mass is 9.92. The van der Waals surface area contributed by atoms with Gasteiger partial charge < -0.3 is 10.4 Å². The predicted octanol–water partition coefficient (Wildman–Crippen LogP) is 0.788. The summed E-state index contributed by atoms with van der Waals surface area (Å²) in [7, 11) is 0. The molecular formula is C9H15NO3. The summed E-state index contributed by atoms with van der Waals surface area (Å²) in [4.78, 5) is 22.0. The number of carbonyl (C=O) groups excluding carboxylic acids is 1. The van der Waals surface area contributed by atoms with Gasteiger partial charge in [-0.05, 0) is 20.8 Å². The number of carboxylic acid groups (broad SMARTS) is 1. The Kier molecular flexibility index (Phi) is 3.66. The van der Waals surface area contributed by atoms with E-state index >= 15 is 0 Å². The largest absolute Gasteiger partial charge is 0.480 e. The Morgan fingerprint density at radius 1 is 1.54 bits per heavy atom. The molecule has 0 rings (SSSR count). The average Bonchev–Trinajstić information content (AvgIpc) is 2.03. The lowest BCUT2D eigenvalue weighted by Gasteiger charge is -2.20. The van der Waals surface area contributed by atoms with Gasteiger partial charge in [0.25, 0.3) is 0 Å². The second kappa shape index (κ2) is 4.07. The SMILES string of the molecule is C=CC(C)NC(=O)C(C)(C)C(=O)O. The van der Waals surface area contributed by atoms with Crippen molar-refractivity contribution in [3.63, 3.8) is 0 Å². The van der Waals surface area contributed by atoms with Crippen LogP contribution in [0.1, 0.15) is 20.8 Å². The molecule has 0 aromatic heterocycles. The summed E-state index contributed by atoms with van der Waals surface area (Å²) in [6.45, 7) is 7.93. The first-order valence-electron chi connectivity index (χ1n) is 3.99. The molecular weight excluding hydrogens is 170 g/mol. The maximum atomic E-state index is 11.3. The number of carboxylic acids is 1. The first-order chi connectivity index (χ1) is 5.82. The summed E-state index contributed by atoms with van der Waals surface area (Å²) >= 11 is 0. The molecule has 0 spiro atoms. The van der Waals surface area contributed by atoms with E-state index in [2.05, 4.69) is 11.9 Å². The zero-order valence-corrected chi connectivity index (χ0v) is 8.13. The maximum Gasteiger partial charge on any atom is 0.318 e. The molecule has 0 aliphatic carbocycles. The normalized spacial score (nSPS) is 13.2. The Balaban J connectivity index is 4.42. The van der Waals surface area contributed by atoms with E-state index in [1.54, 1.807) is 6.92 Å². The summed E-state index contributed by atoms with van der Waals surface area (Å²) in [6, 6.07) is -0.217. The maximum absolute atomic E-state index is 11.3. The van der Waals surface area contributed by atoms with E-state index in [9.17, 15) is 9.59 Å². The zero-order chi connectivity index (χ0) is 10.6. The van der Waals surface area contributed by atoms with Crippen LogP contribution in [0.5, 0.6) is 0 Å². The van der Waals surface area contributed by atoms with Crippen LogP contribution in [0.4, 0.5) is 0 Å². The third-order valence-corrected chi connectivity index (χ3v) is 1.81. The van der Waals surface area contributed by atoms with Crippen molar-refractivity contribution < 1.29 is 14.7 Å². The van der Waals surface area contributed by atoms with E-state index < -0.39 is 17.3 Å². The van der Waals surface area contributed by atoms with Crippen LogP contribution in [0.15, 0.2) is 12.7 Å². The van der Waals surface area contributed by atoms with Gasteiger partial charge in [0.1, 0.15) is 5.41 Å². The summed E-state index contributed by atoms with van der Waals surface area (Å²) in [5, 5.41) is 11.2. The van der Waals surface area contributed by atoms with Gasteiger partial charge in [-0.1, -0.05) is 6.08 Å². The first kappa shape index (κ1) is 11.7. The molecule has 0 aliphatic heterocycles. The molecule has 0 radical (unpaired) electrons. The fraction of sp³-hybridized carbons (Fsp3) is 0.556. The monoisotopic (exact) mass is 185 g/mol. The van der Waals surface area contributed by atoms with E-state index in [-0.39, 0.29) is 6.04 Å². The molecule has 0 fully saturated rings. The molecule has 1 unspecified atom stereocenters. The van der Waals surface area contributed by atoms with Crippen molar-refractivity contribution in [3.8, 4) is 0 Å². The molecule has 0 aliphatic rings. The highest BCUT2D eigenvalue weighted by molar-refractivity contribution is 6.01. The number of carbonyl (C=O) groups is 2. The molecule has 1 amide bonds. The van der Waals surface area contributed by atoms with E-state index in [1.165, 1.54) is 19.9 Å². The standard InChI is InChI=1S/C9H15NO3/c1-5-6(2)10-7(11)9(3,4)8(12)13/h5-6H,1H2,2-4H3,(H,10,11)(H,12,13). The Morgan fingerprint density at radius 2 is 2.00 bits per heavy atom. The lowest BCUT2D eigenvalue weighted by molar-refractivity contribution is -0.153. The second-order valence-electron chi connectivity index (χ2n) is 3.43. The summed E-state index contributed by atoms with van der Waals surface area (Å²) in [5.74, 6) is -1.64. The van der Waals surface area contributed by atoms with Gasteiger partial charge in [-0.2, -0.15) is 0 Å². The lowest BCUT2D eigenvalue weighted by Crippen LogP contribution is -2.45. The smallest absolute Gasteiger partial charge is 0.318 e. The first-order valence-corrected chi connectivity index (χ1v) is 3.99. The molecule has 4 nitrogen and oxygen atoms in total. The van der Waals surface area contributed by atoms with Gasteiger partial charge in [-0.15, -0.1) is 6.58 Å². The molecule has 0 saturated heterocycles. The molecule has 74 valence electrons. The van der Waals surface area contributed by atoms with Crippen molar-refractivity contribution in [2.45, 2.75) is 26.8 Å². The van der Waals surface area contributed by atoms with Crippen molar-refractivity contribution >= 4 is 11.9 Å². The Labute approximate surface area is 77.6 Å². The van der Waals surface area contributed by atoms with Crippen LogP contribution in [0, 0.1) is 5.41 Å². The van der Waals surface area contributed by atoms with Crippen molar-refractivity contribution in [1.82, 2.24) is 5.32 Å². The number of aliphatic carboxylic acids is 1. The van der Waals surface area contributed by atoms with E-state index in [4.69, 9.17) is 5.11 Å². The van der Waals surface area contributed by atoms with Gasteiger partial charge >= 0.3 is 5.97 Å². The van der Waals surface area contributed by atoms with Crippen LogP contribution in [-0.2, 0) is 9.59 Å². The van der Waals surface area contributed by atoms with Gasteiger partial charge in [0.15, 0.2) is 0 Å². The molecule has 0 saturated carbocycles. The van der Waals surface area contributed by atoms with Gasteiger partial charge in [-0.25, -0.2) is 0 Å². The predicted molar refractivity (Wildman–Crippen MR) is 49.2 cm³/mol. The van der Waals surface area contributed by atoms with Crippen molar-refractivity contribution in [1.29, 1.82) is 0 Å². The summed E-state index contributed by atoms with van der Waals surface area (Å²) < 4.78 is 0. The van der Waals surface area contributed by atoms with Crippen LogP contribution in [0.2, 0.25) is 0 Å². The highest BCUT2D eigenvalue weighted by atomic mass is 16.4. The quantitative estimate of drug-likeness (QED) is 0.502. The molecule has 13 heavy (non-hydrogen) atoms. The Bertz CT molecular complexity index is 233. The van der Waals surface area contributed by atoms with Crippen LogP contribution >= 0.6 is 0 Å².